The maximum Gasteiger partial charge on any atom is 0.0716 e. The van der Waals surface area contributed by atoms with E-state index < -0.39 is 0 Å². The first kappa shape index (κ1) is 14.3. The zero-order chi connectivity index (χ0) is 12.6. The van der Waals surface area contributed by atoms with Gasteiger partial charge in [0.25, 0.3) is 0 Å². The second kappa shape index (κ2) is 8.10. The zero-order valence-corrected chi connectivity index (χ0v) is 12.5. The molecule has 4 heteroatoms. The number of hydrogen-bond acceptors (Lipinski definition) is 4. The molecule has 1 aliphatic heterocycles. The maximum absolute atomic E-state index is 5.23. The topological polar surface area (TPSA) is 21.3 Å². The van der Waals surface area contributed by atoms with Crippen LogP contribution in [0.3, 0.4) is 0 Å². The minimum atomic E-state index is 0.700. The fourth-order valence-electron chi connectivity index (χ4n) is 2.05. The molecular formula is C14H21NOS2. The van der Waals surface area contributed by atoms with Crippen LogP contribution in [0, 0.1) is 0 Å². The molecule has 0 aromatic heterocycles. The molecule has 1 heterocycles. The summed E-state index contributed by atoms with van der Waals surface area (Å²) in [5, 5.41) is 4.36. The van der Waals surface area contributed by atoms with Gasteiger partial charge >= 0.3 is 0 Å². The minimum Gasteiger partial charge on any atom is -0.380 e. The lowest BCUT2D eigenvalue weighted by Gasteiger charge is -2.21. The Balaban J connectivity index is 1.78. The monoisotopic (exact) mass is 283 g/mol. The lowest BCUT2D eigenvalue weighted by atomic mass is 10.1. The van der Waals surface area contributed by atoms with Gasteiger partial charge in [-0.3, -0.25) is 0 Å². The van der Waals surface area contributed by atoms with Crippen LogP contribution in [0.4, 0.5) is 0 Å². The predicted molar refractivity (Wildman–Crippen MR) is 82.4 cm³/mol. The minimum absolute atomic E-state index is 0.700. The molecule has 1 N–H and O–H groups in total. The van der Waals surface area contributed by atoms with Gasteiger partial charge < -0.3 is 10.1 Å². The summed E-state index contributed by atoms with van der Waals surface area (Å²) in [4.78, 5) is 0. The number of methoxy groups -OCH3 is 1. The molecule has 1 atom stereocenters. The van der Waals surface area contributed by atoms with E-state index in [0.717, 1.165) is 18.3 Å². The first-order valence-electron chi connectivity index (χ1n) is 6.36. The molecule has 0 spiro atoms. The van der Waals surface area contributed by atoms with Crippen molar-refractivity contribution in [3.8, 4) is 0 Å². The standard InChI is InChI=1S/C14H21NOS2/c1-16-10-13-5-3-2-4-12(13)8-15-9-14-11-17-6-7-18-14/h2-5,14-15H,6-11H2,1H3. The van der Waals surface area contributed by atoms with E-state index in [1.54, 1.807) is 7.11 Å². The highest BCUT2D eigenvalue weighted by atomic mass is 32.2. The summed E-state index contributed by atoms with van der Waals surface area (Å²) in [7, 11) is 1.75. The Bertz CT molecular complexity index is 353. The molecule has 0 radical (unpaired) electrons. The molecule has 0 saturated carbocycles. The van der Waals surface area contributed by atoms with Crippen molar-refractivity contribution in [2.45, 2.75) is 18.4 Å². The summed E-state index contributed by atoms with van der Waals surface area (Å²) in [5.74, 6) is 3.91. The maximum atomic E-state index is 5.23. The van der Waals surface area contributed by atoms with Gasteiger partial charge in [-0.25, -0.2) is 0 Å². The second-order valence-electron chi connectivity index (χ2n) is 4.40. The Morgan fingerprint density at radius 3 is 2.83 bits per heavy atom. The van der Waals surface area contributed by atoms with Crippen LogP contribution in [0.2, 0.25) is 0 Å². The quantitative estimate of drug-likeness (QED) is 0.866. The molecule has 1 aliphatic rings. The van der Waals surface area contributed by atoms with Crippen molar-refractivity contribution >= 4 is 23.5 Å². The number of benzene rings is 1. The first-order chi connectivity index (χ1) is 8.90. The van der Waals surface area contributed by atoms with E-state index in [2.05, 4.69) is 53.1 Å². The van der Waals surface area contributed by atoms with Crippen LogP contribution in [0.5, 0.6) is 0 Å². The van der Waals surface area contributed by atoms with Gasteiger partial charge in [0.15, 0.2) is 0 Å². The van der Waals surface area contributed by atoms with Crippen molar-refractivity contribution in [3.63, 3.8) is 0 Å². The van der Waals surface area contributed by atoms with Gasteiger partial charge in [0.2, 0.25) is 0 Å². The van der Waals surface area contributed by atoms with E-state index in [4.69, 9.17) is 4.74 Å². The van der Waals surface area contributed by atoms with Crippen molar-refractivity contribution in [2.75, 3.05) is 30.9 Å². The van der Waals surface area contributed by atoms with Crippen LogP contribution in [-0.2, 0) is 17.9 Å². The van der Waals surface area contributed by atoms with Gasteiger partial charge in [0, 0.05) is 42.7 Å². The van der Waals surface area contributed by atoms with Crippen molar-refractivity contribution in [1.82, 2.24) is 5.32 Å². The van der Waals surface area contributed by atoms with E-state index in [0.29, 0.717) is 6.61 Å². The summed E-state index contributed by atoms with van der Waals surface area (Å²) in [5.41, 5.74) is 2.64. The van der Waals surface area contributed by atoms with E-state index >= 15 is 0 Å². The molecule has 1 unspecified atom stereocenters. The normalized spacial score (nSPS) is 19.9. The van der Waals surface area contributed by atoms with Crippen LogP contribution < -0.4 is 5.32 Å². The molecule has 1 aromatic carbocycles. The van der Waals surface area contributed by atoms with Crippen molar-refractivity contribution < 1.29 is 4.74 Å². The Kier molecular flexibility index (Phi) is 6.41. The van der Waals surface area contributed by atoms with Gasteiger partial charge in [0.1, 0.15) is 0 Å². The summed E-state index contributed by atoms with van der Waals surface area (Å²) < 4.78 is 5.23. The Morgan fingerprint density at radius 2 is 2.11 bits per heavy atom. The average molecular weight is 283 g/mol. The van der Waals surface area contributed by atoms with Gasteiger partial charge in [-0.2, -0.15) is 23.5 Å². The lowest BCUT2D eigenvalue weighted by molar-refractivity contribution is 0.184. The summed E-state index contributed by atoms with van der Waals surface area (Å²) in [6, 6.07) is 8.50. The van der Waals surface area contributed by atoms with Crippen LogP contribution in [-0.4, -0.2) is 36.2 Å². The Labute approximate surface area is 118 Å². The van der Waals surface area contributed by atoms with Gasteiger partial charge in [-0.1, -0.05) is 24.3 Å². The van der Waals surface area contributed by atoms with Gasteiger partial charge in [0.05, 0.1) is 6.61 Å². The Morgan fingerprint density at radius 1 is 1.28 bits per heavy atom. The van der Waals surface area contributed by atoms with Crippen molar-refractivity contribution in [2.24, 2.45) is 0 Å². The summed E-state index contributed by atoms with van der Waals surface area (Å²) >= 11 is 4.18. The molecular weight excluding hydrogens is 262 g/mol. The van der Waals surface area contributed by atoms with Crippen molar-refractivity contribution in [3.05, 3.63) is 35.4 Å². The fourth-order valence-corrected chi connectivity index (χ4v) is 4.69. The summed E-state index contributed by atoms with van der Waals surface area (Å²) in [6.45, 7) is 2.76. The van der Waals surface area contributed by atoms with Crippen LogP contribution in [0.25, 0.3) is 0 Å². The fraction of sp³-hybridized carbons (Fsp3) is 0.571. The number of hydrogen-bond donors (Lipinski definition) is 1. The third-order valence-corrected chi connectivity index (χ3v) is 5.84. The van der Waals surface area contributed by atoms with Crippen LogP contribution in [0.1, 0.15) is 11.1 Å². The second-order valence-corrected chi connectivity index (χ2v) is 6.96. The highest BCUT2D eigenvalue weighted by molar-refractivity contribution is 8.06. The van der Waals surface area contributed by atoms with E-state index in [1.165, 1.54) is 28.4 Å². The molecule has 1 aromatic rings. The van der Waals surface area contributed by atoms with E-state index in [1.807, 2.05) is 0 Å². The molecule has 1 fully saturated rings. The average Bonchev–Trinajstić information content (AvgIpc) is 2.42. The SMILES string of the molecule is COCc1ccccc1CNCC1CSCCS1. The largest absolute Gasteiger partial charge is 0.380 e. The van der Waals surface area contributed by atoms with E-state index in [-0.39, 0.29) is 0 Å². The number of thioether (sulfide) groups is 2. The van der Waals surface area contributed by atoms with Gasteiger partial charge in [-0.15, -0.1) is 0 Å². The zero-order valence-electron chi connectivity index (χ0n) is 10.9. The summed E-state index contributed by atoms with van der Waals surface area (Å²) in [6.07, 6.45) is 0. The number of ether oxygens (including phenoxy) is 1. The van der Waals surface area contributed by atoms with Gasteiger partial charge in [-0.05, 0) is 11.1 Å². The first-order valence-corrected chi connectivity index (χ1v) is 8.56. The number of nitrogens with one attached hydrogen (secondary N) is 1. The third-order valence-electron chi connectivity index (χ3n) is 2.99. The molecule has 2 nitrogen and oxygen atoms in total. The van der Waals surface area contributed by atoms with Crippen LogP contribution >= 0.6 is 23.5 Å². The van der Waals surface area contributed by atoms with Crippen LogP contribution in [0.15, 0.2) is 24.3 Å². The molecule has 1 saturated heterocycles. The smallest absolute Gasteiger partial charge is 0.0716 e. The van der Waals surface area contributed by atoms with Crippen molar-refractivity contribution in [1.29, 1.82) is 0 Å². The molecule has 0 aliphatic carbocycles. The van der Waals surface area contributed by atoms with E-state index in [9.17, 15) is 0 Å². The molecule has 0 amide bonds. The molecule has 18 heavy (non-hydrogen) atoms. The molecule has 0 bridgehead atoms. The third kappa shape index (κ3) is 4.50. The lowest BCUT2D eigenvalue weighted by Crippen LogP contribution is -2.28. The highest BCUT2D eigenvalue weighted by Gasteiger charge is 2.13. The molecule has 2 rings (SSSR count). The Hall–Kier alpha value is -0.160. The predicted octanol–water partition coefficient (Wildman–Crippen LogP) is 2.77. The number of rotatable bonds is 6. The molecule has 100 valence electrons. The highest BCUT2D eigenvalue weighted by Crippen LogP contribution is 2.23.